The molecular weight excluding hydrogens is 242 g/mol. The Bertz CT molecular complexity index is 689. The van der Waals surface area contributed by atoms with Gasteiger partial charge in [-0.2, -0.15) is 4.98 Å². The normalized spacial score (nSPS) is 10.8. The molecule has 5 nitrogen and oxygen atoms in total. The van der Waals surface area contributed by atoms with Crippen molar-refractivity contribution in [2.75, 3.05) is 7.11 Å². The topological polar surface area (TPSA) is 71.0 Å². The van der Waals surface area contributed by atoms with Crippen molar-refractivity contribution in [3.05, 3.63) is 36.2 Å². The number of nitrogens with zero attached hydrogens (tertiary/aromatic N) is 2. The van der Waals surface area contributed by atoms with E-state index < -0.39 is 0 Å². The predicted molar refractivity (Wildman–Crippen MR) is 71.4 cm³/mol. The molecule has 0 amide bonds. The molecule has 0 spiro atoms. The summed E-state index contributed by atoms with van der Waals surface area (Å²) in [5.41, 5.74) is 3.01. The highest BCUT2D eigenvalue weighted by Gasteiger charge is 2.16. The van der Waals surface area contributed by atoms with E-state index in [0.29, 0.717) is 11.5 Å². The average Bonchev–Trinajstić information content (AvgIpc) is 2.83. The van der Waals surface area contributed by atoms with Gasteiger partial charge in [-0.05, 0) is 37.3 Å². The summed E-state index contributed by atoms with van der Waals surface area (Å²) in [6.07, 6.45) is 0. The summed E-state index contributed by atoms with van der Waals surface area (Å²) in [4.78, 5) is 11.4. The molecule has 0 radical (unpaired) electrons. The van der Waals surface area contributed by atoms with Crippen molar-refractivity contribution in [1.82, 2.24) is 15.0 Å². The standard InChI is InChI=1S/C14H13N3O2/c1-8-15-12-7-11(17-13(12)14(18)16-8)9-3-5-10(19-2)6-4-9/h3-7,18H,1-2H3,(H,15,16). The van der Waals surface area contributed by atoms with Crippen LogP contribution in [0.4, 0.5) is 0 Å². The third-order valence-electron chi connectivity index (χ3n) is 2.96. The Kier molecular flexibility index (Phi) is 2.59. The lowest BCUT2D eigenvalue weighted by atomic mass is 10.1. The number of hydrogen-bond donors (Lipinski definition) is 2. The number of H-pyrrole nitrogens is 1. The molecule has 0 aliphatic carbocycles. The number of hydrogen-bond acceptors (Lipinski definition) is 4. The van der Waals surface area contributed by atoms with Gasteiger partial charge >= 0.3 is 0 Å². The van der Waals surface area contributed by atoms with Crippen LogP contribution in [0.3, 0.4) is 0 Å². The van der Waals surface area contributed by atoms with E-state index in [1.807, 2.05) is 30.3 Å². The van der Waals surface area contributed by atoms with Gasteiger partial charge in [-0.3, -0.25) is 0 Å². The molecule has 0 fully saturated rings. The van der Waals surface area contributed by atoms with E-state index in [-0.39, 0.29) is 5.88 Å². The fourth-order valence-electron chi connectivity index (χ4n) is 2.03. The van der Waals surface area contributed by atoms with Crippen molar-refractivity contribution in [1.29, 1.82) is 0 Å². The zero-order valence-electron chi connectivity index (χ0n) is 10.6. The molecule has 0 bridgehead atoms. The number of aromatic amines is 1. The summed E-state index contributed by atoms with van der Waals surface area (Å²) in [7, 11) is 1.63. The zero-order valence-corrected chi connectivity index (χ0v) is 10.6. The number of aromatic nitrogens is 3. The van der Waals surface area contributed by atoms with Gasteiger partial charge in [0.15, 0.2) is 0 Å². The summed E-state index contributed by atoms with van der Waals surface area (Å²) in [6, 6.07) is 9.50. The summed E-state index contributed by atoms with van der Waals surface area (Å²) in [5, 5.41) is 9.78. The van der Waals surface area contributed by atoms with Crippen LogP contribution in [0.25, 0.3) is 22.6 Å². The lowest BCUT2D eigenvalue weighted by molar-refractivity contribution is 0.415. The first-order valence-corrected chi connectivity index (χ1v) is 5.88. The zero-order chi connectivity index (χ0) is 13.4. The first kappa shape index (κ1) is 11.5. The Labute approximate surface area is 110 Å². The molecule has 0 saturated carbocycles. The molecular formula is C14H13N3O2. The van der Waals surface area contributed by atoms with Crippen LogP contribution in [-0.4, -0.2) is 27.2 Å². The number of fused-ring (bicyclic) bond motifs is 1. The molecule has 2 heterocycles. The Morgan fingerprint density at radius 3 is 2.58 bits per heavy atom. The number of methoxy groups -OCH3 is 1. The summed E-state index contributed by atoms with van der Waals surface area (Å²) in [6.45, 7) is 1.79. The van der Waals surface area contributed by atoms with Crippen LogP contribution in [0.2, 0.25) is 0 Å². The highest BCUT2D eigenvalue weighted by atomic mass is 16.5. The maximum Gasteiger partial charge on any atom is 0.241 e. The highest BCUT2D eigenvalue weighted by molar-refractivity contribution is 5.73. The number of rotatable bonds is 2. The minimum atomic E-state index is -0.0500. The summed E-state index contributed by atoms with van der Waals surface area (Å²) >= 11 is 0. The second-order valence-corrected chi connectivity index (χ2v) is 4.28. The van der Waals surface area contributed by atoms with Gasteiger partial charge in [0.25, 0.3) is 0 Å². The number of ether oxygens (including phenoxy) is 1. The van der Waals surface area contributed by atoms with E-state index in [9.17, 15) is 5.11 Å². The number of aryl methyl sites for hydroxylation is 1. The Morgan fingerprint density at radius 2 is 1.89 bits per heavy atom. The molecule has 2 aliphatic rings. The quantitative estimate of drug-likeness (QED) is 0.738. The van der Waals surface area contributed by atoms with Gasteiger partial charge in [-0.15, -0.1) is 0 Å². The van der Waals surface area contributed by atoms with Crippen molar-refractivity contribution in [3.8, 4) is 34.3 Å². The largest absolute Gasteiger partial charge is 0.497 e. The smallest absolute Gasteiger partial charge is 0.241 e. The number of nitrogens with one attached hydrogen (secondary N) is 1. The molecule has 0 aromatic heterocycles. The molecule has 0 atom stereocenters. The molecule has 96 valence electrons. The summed E-state index contributed by atoms with van der Waals surface area (Å²) < 4.78 is 5.12. The van der Waals surface area contributed by atoms with Crippen LogP contribution in [0.1, 0.15) is 5.82 Å². The molecule has 0 unspecified atom stereocenters. The van der Waals surface area contributed by atoms with Crippen molar-refractivity contribution >= 4 is 0 Å². The Balaban J connectivity index is 2.10. The van der Waals surface area contributed by atoms with E-state index in [1.165, 1.54) is 0 Å². The molecule has 0 saturated heterocycles. The van der Waals surface area contributed by atoms with E-state index in [2.05, 4.69) is 15.0 Å². The maximum absolute atomic E-state index is 9.78. The Hall–Kier alpha value is -2.56. The van der Waals surface area contributed by atoms with Gasteiger partial charge in [-0.1, -0.05) is 0 Å². The van der Waals surface area contributed by atoms with Gasteiger partial charge in [0.05, 0.1) is 18.5 Å². The van der Waals surface area contributed by atoms with Crippen molar-refractivity contribution in [2.45, 2.75) is 6.92 Å². The van der Waals surface area contributed by atoms with E-state index in [0.717, 1.165) is 22.7 Å². The molecule has 1 aromatic rings. The Morgan fingerprint density at radius 1 is 1.16 bits per heavy atom. The second kappa shape index (κ2) is 4.28. The fraction of sp³-hybridized carbons (Fsp3) is 0.143. The first-order valence-electron chi connectivity index (χ1n) is 5.88. The lowest BCUT2D eigenvalue weighted by Gasteiger charge is -2.01. The van der Waals surface area contributed by atoms with Crippen molar-refractivity contribution in [3.63, 3.8) is 0 Å². The van der Waals surface area contributed by atoms with Gasteiger partial charge in [0.1, 0.15) is 17.3 Å². The SMILES string of the molecule is COc1ccc(-c2cc3[nH]c(C)nc(O)c-3n2)cc1. The van der Waals surface area contributed by atoms with Crippen LogP contribution >= 0.6 is 0 Å². The van der Waals surface area contributed by atoms with Crippen LogP contribution in [-0.2, 0) is 0 Å². The molecule has 3 rings (SSSR count). The summed E-state index contributed by atoms with van der Waals surface area (Å²) in [5.74, 6) is 1.40. The average molecular weight is 255 g/mol. The molecule has 1 aromatic carbocycles. The molecule has 2 N–H and O–H groups in total. The van der Waals surface area contributed by atoms with Crippen molar-refractivity contribution < 1.29 is 9.84 Å². The van der Waals surface area contributed by atoms with Crippen LogP contribution in [0.5, 0.6) is 11.6 Å². The van der Waals surface area contributed by atoms with Gasteiger partial charge in [-0.25, -0.2) is 4.98 Å². The predicted octanol–water partition coefficient (Wildman–Crippen LogP) is 2.60. The first-order chi connectivity index (χ1) is 9.17. The minimum absolute atomic E-state index is 0.0500. The van der Waals surface area contributed by atoms with Crippen LogP contribution in [0.15, 0.2) is 30.3 Å². The van der Waals surface area contributed by atoms with Gasteiger partial charge < -0.3 is 14.8 Å². The van der Waals surface area contributed by atoms with Gasteiger partial charge in [0, 0.05) is 5.56 Å². The highest BCUT2D eigenvalue weighted by Crippen LogP contribution is 2.32. The third-order valence-corrected chi connectivity index (χ3v) is 2.96. The minimum Gasteiger partial charge on any atom is -0.497 e. The van der Waals surface area contributed by atoms with Crippen LogP contribution in [0, 0.1) is 6.92 Å². The monoisotopic (exact) mass is 255 g/mol. The van der Waals surface area contributed by atoms with Crippen LogP contribution < -0.4 is 4.74 Å². The lowest BCUT2D eigenvalue weighted by Crippen LogP contribution is -1.91. The molecule has 2 aliphatic heterocycles. The second-order valence-electron chi connectivity index (χ2n) is 4.28. The van der Waals surface area contributed by atoms with Gasteiger partial charge in [0.2, 0.25) is 5.88 Å². The van der Waals surface area contributed by atoms with E-state index in [1.54, 1.807) is 14.0 Å². The maximum atomic E-state index is 9.78. The fourth-order valence-corrected chi connectivity index (χ4v) is 2.03. The van der Waals surface area contributed by atoms with Crippen molar-refractivity contribution in [2.24, 2.45) is 0 Å². The number of benzene rings is 1. The van der Waals surface area contributed by atoms with E-state index >= 15 is 0 Å². The molecule has 19 heavy (non-hydrogen) atoms. The number of aromatic hydroxyl groups is 1. The molecule has 5 heteroatoms. The third kappa shape index (κ3) is 1.99. The van der Waals surface area contributed by atoms with E-state index in [4.69, 9.17) is 4.74 Å².